The second-order valence-electron chi connectivity index (χ2n) is 14.0. The summed E-state index contributed by atoms with van der Waals surface area (Å²) in [4.78, 5) is 21.9. The lowest BCUT2D eigenvalue weighted by Gasteiger charge is -2.11. The van der Waals surface area contributed by atoms with Crippen molar-refractivity contribution in [3.63, 3.8) is 0 Å². The maximum absolute atomic E-state index is 12.8. The Labute approximate surface area is 391 Å². The van der Waals surface area contributed by atoms with E-state index in [0.29, 0.717) is 28.7 Å². The predicted molar refractivity (Wildman–Crippen MR) is 251 cm³/mol. The van der Waals surface area contributed by atoms with Gasteiger partial charge < -0.3 is 29.2 Å². The molecule has 16 nitrogen and oxygen atoms in total. The van der Waals surface area contributed by atoms with E-state index in [4.69, 9.17) is 29.2 Å². The first-order chi connectivity index (χ1) is 32.0. The zero-order chi connectivity index (χ0) is 48.0. The Balaban J connectivity index is 0.000000226. The first-order valence-corrected chi connectivity index (χ1v) is 25.2. The van der Waals surface area contributed by atoms with Crippen molar-refractivity contribution in [2.24, 2.45) is 0 Å². The van der Waals surface area contributed by atoms with E-state index >= 15 is 0 Å². The number of aromatic carboxylic acids is 2. The van der Waals surface area contributed by atoms with Crippen molar-refractivity contribution in [2.45, 2.75) is 25.8 Å². The van der Waals surface area contributed by atoms with E-state index in [9.17, 15) is 34.8 Å². The average Bonchev–Trinajstić information content (AvgIpc) is 3.84. The number of nitrogens with one attached hydrogen (secondary N) is 2. The third kappa shape index (κ3) is 14.1. The summed E-state index contributed by atoms with van der Waals surface area (Å²) in [6.45, 7) is 2.80. The van der Waals surface area contributed by atoms with E-state index in [-0.39, 0.29) is 62.1 Å². The van der Waals surface area contributed by atoms with Crippen molar-refractivity contribution in [1.82, 2.24) is 0 Å². The minimum atomic E-state index is -4.00. The molecular weight excluding hydrogens is 945 g/mol. The van der Waals surface area contributed by atoms with Gasteiger partial charge >= 0.3 is 11.9 Å². The van der Waals surface area contributed by atoms with Crippen LogP contribution in [-0.2, 0) is 29.9 Å². The monoisotopic (exact) mass is 986 g/mol. The first-order valence-electron chi connectivity index (χ1n) is 19.9. The zero-order valence-corrected chi connectivity index (χ0v) is 38.6. The number of carboxylic acid groups (broad SMARTS) is 2. The van der Waals surface area contributed by atoms with E-state index in [1.54, 1.807) is 97.1 Å². The standard InChI is InChI=1S/C25H21NO8S3.C22H21NO6S/c27-25(28)18-6-10-20(11-7-18)33-14-15-34-21-12-8-19(9-13-21)26-37(31,32)24-16-23(17-35-24)36(29,30)22-4-2-1-3-5-22;1-16-3-2-4-21(15-16)30(26,27)23-18-7-11-20(12-8-18)29-14-13-28-19-9-5-17(6-10-19)22(24)25/h1-13,16-17,26H,14-15H2,(H,27,28);2-12,15,23H,13-14H2,1H3,(H,24,25). The Kier molecular flexibility index (Phi) is 16.3. The highest BCUT2D eigenvalue weighted by atomic mass is 32.2. The summed E-state index contributed by atoms with van der Waals surface area (Å²) in [6, 6.07) is 40.5. The summed E-state index contributed by atoms with van der Waals surface area (Å²) in [5, 5.41) is 19.1. The van der Waals surface area contributed by atoms with Gasteiger partial charge in [-0.2, -0.15) is 0 Å². The van der Waals surface area contributed by atoms with Crippen LogP contribution in [0.3, 0.4) is 0 Å². The quantitative estimate of drug-likeness (QED) is 0.0524. The highest BCUT2D eigenvalue weighted by Gasteiger charge is 2.24. The maximum Gasteiger partial charge on any atom is 0.335 e. The van der Waals surface area contributed by atoms with Crippen LogP contribution in [0.5, 0.6) is 23.0 Å². The number of hydrogen-bond acceptors (Lipinski definition) is 13. The number of aryl methyl sites for hydroxylation is 1. The lowest BCUT2D eigenvalue weighted by Crippen LogP contribution is -2.13. The Hall–Kier alpha value is -7.39. The van der Waals surface area contributed by atoms with E-state index < -0.39 is 41.8 Å². The highest BCUT2D eigenvalue weighted by molar-refractivity contribution is 7.95. The fraction of sp³-hybridized carbons (Fsp3) is 0.106. The van der Waals surface area contributed by atoms with E-state index in [0.717, 1.165) is 23.0 Å². The van der Waals surface area contributed by atoms with Crippen molar-refractivity contribution < 1.29 is 64.0 Å². The van der Waals surface area contributed by atoms with Crippen molar-refractivity contribution in [3.05, 3.63) is 180 Å². The van der Waals surface area contributed by atoms with Gasteiger partial charge in [-0.05, 0) is 140 Å². The van der Waals surface area contributed by atoms with Crippen molar-refractivity contribution >= 4 is 64.5 Å². The molecule has 0 aliphatic heterocycles. The van der Waals surface area contributed by atoms with Crippen LogP contribution in [0.1, 0.15) is 26.3 Å². The van der Waals surface area contributed by atoms with E-state index in [1.807, 2.05) is 13.0 Å². The van der Waals surface area contributed by atoms with Crippen molar-refractivity contribution in [1.29, 1.82) is 0 Å². The number of rotatable bonds is 20. The summed E-state index contributed by atoms with van der Waals surface area (Å²) in [7, 11) is -11.5. The second kappa shape index (κ2) is 22.2. The van der Waals surface area contributed by atoms with Gasteiger partial charge in [-0.15, -0.1) is 11.3 Å². The molecule has 0 fully saturated rings. The van der Waals surface area contributed by atoms with Crippen LogP contribution >= 0.6 is 11.3 Å². The number of benzene rings is 6. The third-order valence-electron chi connectivity index (χ3n) is 9.14. The fourth-order valence-corrected chi connectivity index (χ4v) is 10.9. The topological polar surface area (TPSA) is 238 Å². The van der Waals surface area contributed by atoms with Gasteiger partial charge in [-0.3, -0.25) is 9.44 Å². The van der Waals surface area contributed by atoms with E-state index in [2.05, 4.69) is 9.44 Å². The summed E-state index contributed by atoms with van der Waals surface area (Å²) < 4.78 is 103. The minimum absolute atomic E-state index is 0.0850. The molecule has 6 aromatic carbocycles. The second-order valence-corrected chi connectivity index (χ2v) is 20.5. The SMILES string of the molecule is Cc1cccc(S(=O)(=O)Nc2ccc(OCCOc3ccc(C(=O)O)cc3)cc2)c1.O=C(O)c1ccc(OCCOc2ccc(NS(=O)(=O)c3cc(S(=O)(=O)c4ccccc4)cs3)cc2)cc1. The van der Waals surface area contributed by atoms with Crippen LogP contribution in [0, 0.1) is 6.92 Å². The maximum atomic E-state index is 12.8. The Morgan fingerprint density at radius 2 is 0.881 bits per heavy atom. The molecule has 0 spiro atoms. The molecule has 1 aromatic heterocycles. The van der Waals surface area contributed by atoms with Gasteiger partial charge in [0.15, 0.2) is 0 Å². The predicted octanol–water partition coefficient (Wildman–Crippen LogP) is 8.49. The molecule has 0 saturated heterocycles. The average molecular weight is 987 g/mol. The number of thiophene rings is 1. The van der Waals surface area contributed by atoms with Crippen LogP contribution in [-0.4, -0.2) is 73.8 Å². The van der Waals surface area contributed by atoms with Gasteiger partial charge in [-0.1, -0.05) is 30.3 Å². The third-order valence-corrected chi connectivity index (χ3v) is 15.2. The van der Waals surface area contributed by atoms with Crippen LogP contribution in [0.15, 0.2) is 182 Å². The molecule has 7 rings (SSSR count). The van der Waals surface area contributed by atoms with Crippen LogP contribution in [0.4, 0.5) is 11.4 Å². The first kappa shape index (κ1) is 49.1. The summed E-state index contributed by atoms with van der Waals surface area (Å²) in [6.07, 6.45) is 0. The lowest BCUT2D eigenvalue weighted by molar-refractivity contribution is 0.0686. The largest absolute Gasteiger partial charge is 0.490 e. The molecule has 0 radical (unpaired) electrons. The molecule has 7 aromatic rings. The summed E-state index contributed by atoms with van der Waals surface area (Å²) in [5.41, 5.74) is 1.93. The zero-order valence-electron chi connectivity index (χ0n) is 35.3. The fourth-order valence-electron chi connectivity index (χ4n) is 5.78. The van der Waals surface area contributed by atoms with Crippen LogP contribution < -0.4 is 28.4 Å². The Bertz CT molecular complexity index is 3110. The van der Waals surface area contributed by atoms with Gasteiger partial charge in [-0.25, -0.2) is 34.8 Å². The number of anilines is 2. The van der Waals surface area contributed by atoms with Crippen molar-refractivity contribution in [2.75, 3.05) is 35.9 Å². The Morgan fingerprint density at radius 1 is 0.478 bits per heavy atom. The normalized spacial score (nSPS) is 11.3. The number of hydrogen-bond donors (Lipinski definition) is 4. The molecular formula is C47H42N2O14S4. The minimum Gasteiger partial charge on any atom is -0.490 e. The molecule has 20 heteroatoms. The smallest absolute Gasteiger partial charge is 0.335 e. The van der Waals surface area contributed by atoms with Gasteiger partial charge in [0.25, 0.3) is 20.0 Å². The molecule has 0 unspecified atom stereocenters. The molecule has 0 atom stereocenters. The van der Waals surface area contributed by atoms with Gasteiger partial charge in [0.05, 0.1) is 25.8 Å². The van der Waals surface area contributed by atoms with Crippen LogP contribution in [0.2, 0.25) is 0 Å². The number of ether oxygens (including phenoxy) is 4. The molecule has 348 valence electrons. The molecule has 4 N–H and O–H groups in total. The molecule has 0 aliphatic rings. The summed E-state index contributed by atoms with van der Waals surface area (Å²) >= 11 is 0.817. The molecule has 67 heavy (non-hydrogen) atoms. The lowest BCUT2D eigenvalue weighted by atomic mass is 10.2. The number of carboxylic acids is 2. The molecule has 0 amide bonds. The van der Waals surface area contributed by atoms with E-state index in [1.165, 1.54) is 53.9 Å². The number of carbonyl (C=O) groups is 2. The van der Waals surface area contributed by atoms with Gasteiger partial charge in [0.2, 0.25) is 9.84 Å². The number of sulfone groups is 1. The van der Waals surface area contributed by atoms with Crippen LogP contribution in [0.25, 0.3) is 0 Å². The number of sulfonamides is 2. The molecule has 1 heterocycles. The highest BCUT2D eigenvalue weighted by Crippen LogP contribution is 2.30. The molecule has 0 saturated carbocycles. The molecule has 0 aliphatic carbocycles. The molecule has 0 bridgehead atoms. The summed E-state index contributed by atoms with van der Waals surface area (Å²) in [5.74, 6) is 0.0980. The van der Waals surface area contributed by atoms with Crippen molar-refractivity contribution in [3.8, 4) is 23.0 Å². The van der Waals surface area contributed by atoms with Gasteiger partial charge in [0.1, 0.15) is 53.6 Å². The Morgan fingerprint density at radius 3 is 1.30 bits per heavy atom. The van der Waals surface area contributed by atoms with Gasteiger partial charge in [0, 0.05) is 16.8 Å².